The summed E-state index contributed by atoms with van der Waals surface area (Å²) in [6.07, 6.45) is 0. The second kappa shape index (κ2) is 8.17. The van der Waals surface area contributed by atoms with Crippen molar-refractivity contribution < 1.29 is 9.18 Å². The van der Waals surface area contributed by atoms with Gasteiger partial charge < -0.3 is 9.80 Å². The summed E-state index contributed by atoms with van der Waals surface area (Å²) in [5, 5.41) is 4.61. The molecule has 0 radical (unpaired) electrons. The smallest absolute Gasteiger partial charge is 0.272 e. The molecule has 0 N–H and O–H groups in total. The number of nitrogens with zero attached hydrogens (tertiary/aromatic N) is 4. The summed E-state index contributed by atoms with van der Waals surface area (Å²) in [4.78, 5) is 17.5. The molecule has 1 saturated heterocycles. The Balaban J connectivity index is 1.74. The second-order valence-corrected chi connectivity index (χ2v) is 7.37. The maximum absolute atomic E-state index is 14.4. The van der Waals surface area contributed by atoms with Crippen molar-refractivity contribution in [1.82, 2.24) is 19.6 Å². The van der Waals surface area contributed by atoms with E-state index in [1.54, 1.807) is 28.9 Å². The molecule has 0 bridgehead atoms. The fourth-order valence-electron chi connectivity index (χ4n) is 3.65. The molecule has 3 aromatic rings. The van der Waals surface area contributed by atoms with E-state index < -0.39 is 0 Å². The van der Waals surface area contributed by atoms with Crippen molar-refractivity contribution in [3.63, 3.8) is 0 Å². The zero-order valence-electron chi connectivity index (χ0n) is 16.8. The van der Waals surface area contributed by atoms with Crippen LogP contribution in [0.1, 0.15) is 23.0 Å². The maximum atomic E-state index is 14.4. The fraction of sp³-hybridized carbons (Fsp3) is 0.304. The lowest BCUT2D eigenvalue weighted by Crippen LogP contribution is -2.48. The van der Waals surface area contributed by atoms with E-state index in [2.05, 4.69) is 16.9 Å². The molecule has 2 aromatic carbocycles. The average Bonchev–Trinajstić information content (AvgIpc) is 3.19. The van der Waals surface area contributed by atoms with Crippen molar-refractivity contribution in [2.75, 3.05) is 32.7 Å². The van der Waals surface area contributed by atoms with Crippen LogP contribution in [0.15, 0.2) is 54.6 Å². The van der Waals surface area contributed by atoms with Gasteiger partial charge in [-0.2, -0.15) is 5.10 Å². The predicted octanol–water partition coefficient (Wildman–Crippen LogP) is 3.76. The highest BCUT2D eigenvalue weighted by Gasteiger charge is 2.26. The first-order valence-electron chi connectivity index (χ1n) is 10.0. The number of benzene rings is 2. The number of aryl methyl sites for hydroxylation is 1. The van der Waals surface area contributed by atoms with Crippen LogP contribution in [0.25, 0.3) is 16.9 Å². The van der Waals surface area contributed by atoms with Gasteiger partial charge in [0.1, 0.15) is 11.5 Å². The van der Waals surface area contributed by atoms with E-state index in [-0.39, 0.29) is 11.7 Å². The molecule has 0 spiro atoms. The minimum Gasteiger partial charge on any atom is -0.335 e. The molecule has 1 fully saturated rings. The molecule has 0 unspecified atom stereocenters. The van der Waals surface area contributed by atoms with Crippen LogP contribution in [-0.2, 0) is 0 Å². The molecule has 1 amide bonds. The van der Waals surface area contributed by atoms with Gasteiger partial charge in [-0.05, 0) is 43.8 Å². The van der Waals surface area contributed by atoms with Gasteiger partial charge >= 0.3 is 0 Å². The van der Waals surface area contributed by atoms with Crippen molar-refractivity contribution >= 4 is 5.91 Å². The van der Waals surface area contributed by atoms with Gasteiger partial charge in [-0.3, -0.25) is 4.79 Å². The molecule has 2 heterocycles. The fourth-order valence-corrected chi connectivity index (χ4v) is 3.65. The Morgan fingerprint density at radius 3 is 2.38 bits per heavy atom. The van der Waals surface area contributed by atoms with E-state index in [1.165, 1.54) is 6.07 Å². The van der Waals surface area contributed by atoms with Gasteiger partial charge in [0, 0.05) is 31.7 Å². The number of rotatable bonds is 4. The highest BCUT2D eigenvalue weighted by Crippen LogP contribution is 2.25. The molecule has 1 aliphatic rings. The third-order valence-electron chi connectivity index (χ3n) is 5.46. The Bertz CT molecular complexity index is 1000. The Labute approximate surface area is 170 Å². The Morgan fingerprint density at radius 2 is 1.72 bits per heavy atom. The van der Waals surface area contributed by atoms with Crippen molar-refractivity contribution in [3.8, 4) is 16.9 Å². The normalized spacial score (nSPS) is 14.9. The molecule has 1 aliphatic heterocycles. The van der Waals surface area contributed by atoms with Crippen LogP contribution < -0.4 is 0 Å². The van der Waals surface area contributed by atoms with Crippen LogP contribution in [0, 0.1) is 12.7 Å². The van der Waals surface area contributed by atoms with E-state index >= 15 is 0 Å². The van der Waals surface area contributed by atoms with Crippen LogP contribution in [0.2, 0.25) is 0 Å². The minimum atomic E-state index is -0.350. The quantitative estimate of drug-likeness (QED) is 0.679. The van der Waals surface area contributed by atoms with Crippen LogP contribution in [0.4, 0.5) is 4.39 Å². The maximum Gasteiger partial charge on any atom is 0.272 e. The zero-order valence-corrected chi connectivity index (χ0v) is 16.8. The van der Waals surface area contributed by atoms with E-state index in [4.69, 9.17) is 0 Å². The number of carbonyl (C=O) groups excluding carboxylic acids is 1. The first kappa shape index (κ1) is 19.3. The lowest BCUT2D eigenvalue weighted by Gasteiger charge is -2.34. The molecular formula is C23H25FN4O. The Morgan fingerprint density at radius 1 is 1.03 bits per heavy atom. The monoisotopic (exact) mass is 392 g/mol. The van der Waals surface area contributed by atoms with Gasteiger partial charge in [0.05, 0.1) is 11.4 Å². The number of halogens is 1. The van der Waals surface area contributed by atoms with Crippen molar-refractivity contribution in [2.24, 2.45) is 0 Å². The topological polar surface area (TPSA) is 41.4 Å². The number of piperazine rings is 1. The molecule has 150 valence electrons. The lowest BCUT2D eigenvalue weighted by molar-refractivity contribution is 0.0634. The molecule has 1 aromatic heterocycles. The Kier molecular flexibility index (Phi) is 5.45. The lowest BCUT2D eigenvalue weighted by atomic mass is 10.1. The molecule has 0 atom stereocenters. The number of carbonyl (C=O) groups is 1. The number of likely N-dealkylation sites (N-methyl/N-ethyl adjacent to an activating group) is 1. The molecule has 6 heteroatoms. The highest BCUT2D eigenvalue weighted by molar-refractivity contribution is 5.94. The zero-order chi connectivity index (χ0) is 20.4. The van der Waals surface area contributed by atoms with Crippen molar-refractivity contribution in [2.45, 2.75) is 13.8 Å². The van der Waals surface area contributed by atoms with E-state index in [0.717, 1.165) is 30.9 Å². The summed E-state index contributed by atoms with van der Waals surface area (Å²) in [7, 11) is 0. The molecule has 29 heavy (non-hydrogen) atoms. The standard InChI is InChI=1S/C23H25FN4O/c1-3-26-12-14-27(15-13-26)23(29)22-16-21(19-6-4-5-7-20(19)24)25-28(22)18-10-8-17(2)9-11-18/h4-11,16H,3,12-15H2,1-2H3. The van der Waals surface area contributed by atoms with Gasteiger partial charge in [-0.15, -0.1) is 0 Å². The predicted molar refractivity (Wildman–Crippen MR) is 112 cm³/mol. The van der Waals surface area contributed by atoms with Crippen molar-refractivity contribution in [1.29, 1.82) is 0 Å². The van der Waals surface area contributed by atoms with Crippen LogP contribution in [0.5, 0.6) is 0 Å². The summed E-state index contributed by atoms with van der Waals surface area (Å²) >= 11 is 0. The van der Waals surface area contributed by atoms with Gasteiger partial charge in [0.15, 0.2) is 0 Å². The highest BCUT2D eigenvalue weighted by atomic mass is 19.1. The SMILES string of the molecule is CCN1CCN(C(=O)c2cc(-c3ccccc3F)nn2-c2ccc(C)cc2)CC1. The largest absolute Gasteiger partial charge is 0.335 e. The summed E-state index contributed by atoms with van der Waals surface area (Å²) < 4.78 is 16.0. The molecule has 0 aliphatic carbocycles. The van der Waals surface area contributed by atoms with Crippen molar-refractivity contribution in [3.05, 3.63) is 71.7 Å². The third-order valence-corrected chi connectivity index (χ3v) is 5.46. The minimum absolute atomic E-state index is 0.0728. The first-order valence-corrected chi connectivity index (χ1v) is 10.0. The third kappa shape index (κ3) is 3.93. The van der Waals surface area contributed by atoms with Crippen LogP contribution in [-0.4, -0.2) is 58.2 Å². The van der Waals surface area contributed by atoms with E-state index in [9.17, 15) is 9.18 Å². The van der Waals surface area contributed by atoms with Crippen LogP contribution in [0.3, 0.4) is 0 Å². The first-order chi connectivity index (χ1) is 14.1. The molecular weight excluding hydrogens is 367 g/mol. The second-order valence-electron chi connectivity index (χ2n) is 7.37. The Hall–Kier alpha value is -2.99. The average molecular weight is 392 g/mol. The van der Waals surface area contributed by atoms with E-state index in [1.807, 2.05) is 36.1 Å². The number of hydrogen-bond donors (Lipinski definition) is 0. The molecule has 5 nitrogen and oxygen atoms in total. The van der Waals surface area contributed by atoms with Crippen LogP contribution >= 0.6 is 0 Å². The molecule has 0 saturated carbocycles. The molecule has 4 rings (SSSR count). The number of hydrogen-bond acceptors (Lipinski definition) is 3. The van der Waals surface area contributed by atoms with Gasteiger partial charge in [-0.25, -0.2) is 9.07 Å². The van der Waals surface area contributed by atoms with Gasteiger partial charge in [0.25, 0.3) is 5.91 Å². The summed E-state index contributed by atoms with van der Waals surface area (Å²) in [6.45, 7) is 8.21. The summed E-state index contributed by atoms with van der Waals surface area (Å²) in [5.74, 6) is -0.423. The van der Waals surface area contributed by atoms with Gasteiger partial charge in [0.2, 0.25) is 0 Å². The van der Waals surface area contributed by atoms with E-state index in [0.29, 0.717) is 30.0 Å². The summed E-state index contributed by atoms with van der Waals surface area (Å²) in [6, 6.07) is 16.0. The number of amides is 1. The summed E-state index contributed by atoms with van der Waals surface area (Å²) in [5.41, 5.74) is 3.21. The number of aromatic nitrogens is 2. The van der Waals surface area contributed by atoms with Gasteiger partial charge in [-0.1, -0.05) is 36.8 Å².